The van der Waals surface area contributed by atoms with Crippen LogP contribution >= 0.6 is 11.3 Å². The monoisotopic (exact) mass is 349 g/mol. The van der Waals surface area contributed by atoms with E-state index in [2.05, 4.69) is 15.3 Å². The number of benzene rings is 1. The fraction of sp³-hybridized carbons (Fsp3) is 0.412. The highest BCUT2D eigenvalue weighted by Gasteiger charge is 2.08. The lowest BCUT2D eigenvalue weighted by Gasteiger charge is -2.22. The molecule has 1 aromatic heterocycles. The van der Waals surface area contributed by atoms with E-state index in [4.69, 9.17) is 0 Å². The van der Waals surface area contributed by atoms with E-state index in [0.717, 1.165) is 28.9 Å². The van der Waals surface area contributed by atoms with Gasteiger partial charge in [0.05, 0.1) is 12.2 Å². The highest BCUT2D eigenvalue weighted by Crippen LogP contribution is 2.18. The third-order valence-electron chi connectivity index (χ3n) is 3.32. The zero-order chi connectivity index (χ0) is 17.5. The van der Waals surface area contributed by atoms with Crippen LogP contribution in [-0.4, -0.2) is 43.5 Å². The molecule has 0 atom stereocenters. The normalized spacial score (nSPS) is 11.5. The lowest BCUT2D eigenvalue weighted by Crippen LogP contribution is -2.38. The molecule has 0 saturated heterocycles. The van der Waals surface area contributed by atoms with Gasteiger partial charge in [0.25, 0.3) is 0 Å². The summed E-state index contributed by atoms with van der Waals surface area (Å²) in [5.41, 5.74) is 1.85. The number of thiazole rings is 1. The second-order valence-electron chi connectivity index (χ2n) is 5.67. The molecule has 7 heteroatoms. The fourth-order valence-electron chi connectivity index (χ4n) is 2.18. The molecular weight excluding hydrogens is 325 g/mol. The summed E-state index contributed by atoms with van der Waals surface area (Å²) in [7, 11) is 5.89. The largest absolute Gasteiger partial charge is 0.357 e. The van der Waals surface area contributed by atoms with Gasteiger partial charge in [0, 0.05) is 39.6 Å². The van der Waals surface area contributed by atoms with Gasteiger partial charge in [0.1, 0.15) is 5.82 Å². The third kappa shape index (κ3) is 5.19. The number of nitrogens with zero attached hydrogens (tertiary/aromatic N) is 4. The van der Waals surface area contributed by atoms with Crippen molar-refractivity contribution in [3.05, 3.63) is 46.7 Å². The molecule has 0 saturated carbocycles. The lowest BCUT2D eigenvalue weighted by atomic mass is 10.2. The van der Waals surface area contributed by atoms with Crippen LogP contribution in [0.25, 0.3) is 0 Å². The van der Waals surface area contributed by atoms with Crippen LogP contribution in [0.1, 0.15) is 18.2 Å². The summed E-state index contributed by atoms with van der Waals surface area (Å²) >= 11 is 1.61. The van der Waals surface area contributed by atoms with E-state index in [1.165, 1.54) is 6.07 Å². The highest BCUT2D eigenvalue weighted by atomic mass is 32.1. The average Bonchev–Trinajstić information content (AvgIpc) is 3.00. The van der Waals surface area contributed by atoms with Gasteiger partial charge in [-0.05, 0) is 24.6 Å². The van der Waals surface area contributed by atoms with Crippen molar-refractivity contribution in [2.75, 3.05) is 32.6 Å². The summed E-state index contributed by atoms with van der Waals surface area (Å²) in [5, 5.41) is 6.26. The van der Waals surface area contributed by atoms with Crippen LogP contribution in [0.5, 0.6) is 0 Å². The second-order valence-corrected chi connectivity index (χ2v) is 6.51. The number of aliphatic imine (C=N–C) groups is 1. The van der Waals surface area contributed by atoms with Gasteiger partial charge in [-0.1, -0.05) is 12.1 Å². The minimum Gasteiger partial charge on any atom is -0.357 e. The molecule has 2 rings (SSSR count). The van der Waals surface area contributed by atoms with Crippen LogP contribution in [-0.2, 0) is 13.1 Å². The van der Waals surface area contributed by atoms with Gasteiger partial charge in [0.15, 0.2) is 11.1 Å². The van der Waals surface area contributed by atoms with E-state index in [-0.39, 0.29) is 5.82 Å². The van der Waals surface area contributed by atoms with Crippen LogP contribution in [0.3, 0.4) is 0 Å². The Morgan fingerprint density at radius 2 is 2.12 bits per heavy atom. The summed E-state index contributed by atoms with van der Waals surface area (Å²) in [6, 6.07) is 6.63. The summed E-state index contributed by atoms with van der Waals surface area (Å²) in [6.07, 6.45) is 0. The van der Waals surface area contributed by atoms with Gasteiger partial charge in [-0.2, -0.15) is 0 Å². The van der Waals surface area contributed by atoms with Gasteiger partial charge in [-0.25, -0.2) is 14.4 Å². The smallest absolute Gasteiger partial charge is 0.194 e. The van der Waals surface area contributed by atoms with Crippen molar-refractivity contribution < 1.29 is 4.39 Å². The van der Waals surface area contributed by atoms with Crippen LogP contribution in [0.15, 0.2) is 34.6 Å². The maximum Gasteiger partial charge on any atom is 0.194 e. The predicted molar refractivity (Wildman–Crippen MR) is 99.1 cm³/mol. The molecule has 1 N–H and O–H groups in total. The summed E-state index contributed by atoms with van der Waals surface area (Å²) in [5.74, 6) is 0.558. The molecule has 0 aliphatic rings. The van der Waals surface area contributed by atoms with Gasteiger partial charge >= 0.3 is 0 Å². The molecule has 0 aliphatic carbocycles. The van der Waals surface area contributed by atoms with Crippen molar-refractivity contribution in [2.24, 2.45) is 4.99 Å². The molecule has 24 heavy (non-hydrogen) atoms. The first-order valence-corrected chi connectivity index (χ1v) is 8.73. The zero-order valence-electron chi connectivity index (χ0n) is 14.6. The van der Waals surface area contributed by atoms with E-state index < -0.39 is 0 Å². The first-order valence-electron chi connectivity index (χ1n) is 7.85. The molecule has 0 bridgehead atoms. The summed E-state index contributed by atoms with van der Waals surface area (Å²) in [6.45, 7) is 3.90. The topological polar surface area (TPSA) is 43.8 Å². The Morgan fingerprint density at radius 1 is 1.33 bits per heavy atom. The Bertz CT molecular complexity index is 683. The first kappa shape index (κ1) is 18.2. The van der Waals surface area contributed by atoms with E-state index in [1.54, 1.807) is 23.5 Å². The quantitative estimate of drug-likeness (QED) is 0.643. The van der Waals surface area contributed by atoms with Crippen LogP contribution in [0, 0.1) is 5.82 Å². The van der Waals surface area contributed by atoms with Gasteiger partial charge in [-0.15, -0.1) is 11.3 Å². The molecule has 2 aromatic rings. The maximum atomic E-state index is 13.3. The second kappa shape index (κ2) is 8.63. The van der Waals surface area contributed by atoms with Gasteiger partial charge < -0.3 is 15.1 Å². The molecule has 0 fully saturated rings. The Kier molecular flexibility index (Phi) is 6.54. The summed E-state index contributed by atoms with van der Waals surface area (Å²) < 4.78 is 13.3. The van der Waals surface area contributed by atoms with E-state index in [1.807, 2.05) is 49.3 Å². The molecule has 0 unspecified atom stereocenters. The molecule has 5 nitrogen and oxygen atoms in total. The lowest BCUT2D eigenvalue weighted by molar-refractivity contribution is 0.474. The van der Waals surface area contributed by atoms with Gasteiger partial charge in [0.2, 0.25) is 0 Å². The number of hydrogen-bond donors (Lipinski definition) is 1. The van der Waals surface area contributed by atoms with Crippen LogP contribution < -0.4 is 10.2 Å². The van der Waals surface area contributed by atoms with Crippen molar-refractivity contribution in [3.63, 3.8) is 0 Å². The van der Waals surface area contributed by atoms with E-state index >= 15 is 0 Å². The van der Waals surface area contributed by atoms with Crippen molar-refractivity contribution in [3.8, 4) is 0 Å². The number of hydrogen-bond acceptors (Lipinski definition) is 4. The summed E-state index contributed by atoms with van der Waals surface area (Å²) in [4.78, 5) is 13.1. The van der Waals surface area contributed by atoms with Gasteiger partial charge in [-0.3, -0.25) is 0 Å². The maximum absolute atomic E-state index is 13.3. The fourth-order valence-corrected chi connectivity index (χ4v) is 2.93. The third-order valence-corrected chi connectivity index (χ3v) is 4.38. The molecule has 0 radical (unpaired) electrons. The molecule has 0 amide bonds. The molecule has 1 heterocycles. The standard InChI is InChI=1S/C17H24FN5S/c1-5-19-16(20-10-15-12-24-17(21-15)22(2)3)23(4)11-13-7-6-8-14(18)9-13/h6-9,12H,5,10-11H2,1-4H3,(H,19,20). The number of aromatic nitrogens is 1. The number of rotatable bonds is 6. The SMILES string of the molecule is CCNC(=NCc1csc(N(C)C)n1)N(C)Cc1cccc(F)c1. The minimum atomic E-state index is -0.221. The molecule has 1 aromatic carbocycles. The number of anilines is 1. The molecule has 0 aliphatic heterocycles. The Morgan fingerprint density at radius 3 is 2.75 bits per heavy atom. The minimum absolute atomic E-state index is 0.221. The van der Waals surface area contributed by atoms with E-state index in [0.29, 0.717) is 13.1 Å². The predicted octanol–water partition coefficient (Wildman–Crippen LogP) is 2.95. The van der Waals surface area contributed by atoms with Crippen molar-refractivity contribution in [1.29, 1.82) is 0 Å². The van der Waals surface area contributed by atoms with Crippen molar-refractivity contribution in [1.82, 2.24) is 15.2 Å². The number of guanidine groups is 1. The Hall–Kier alpha value is -2.15. The average molecular weight is 349 g/mol. The number of halogens is 1. The molecular formula is C17H24FN5S. The van der Waals surface area contributed by atoms with Crippen molar-refractivity contribution >= 4 is 22.4 Å². The Balaban J connectivity index is 2.05. The van der Waals surface area contributed by atoms with E-state index in [9.17, 15) is 4.39 Å². The molecule has 130 valence electrons. The first-order chi connectivity index (χ1) is 11.5. The van der Waals surface area contributed by atoms with Crippen molar-refractivity contribution in [2.45, 2.75) is 20.0 Å². The van der Waals surface area contributed by atoms with Crippen LogP contribution in [0.4, 0.5) is 9.52 Å². The highest BCUT2D eigenvalue weighted by molar-refractivity contribution is 7.13. The Labute approximate surface area is 146 Å². The number of nitrogens with one attached hydrogen (secondary N) is 1. The zero-order valence-corrected chi connectivity index (χ0v) is 15.4. The molecule has 0 spiro atoms. The van der Waals surface area contributed by atoms with Crippen LogP contribution in [0.2, 0.25) is 0 Å².